The zero-order valence-electron chi connectivity index (χ0n) is 9.81. The number of rotatable bonds is 3. The van der Waals surface area contributed by atoms with Crippen molar-refractivity contribution in [2.24, 2.45) is 0 Å². The second kappa shape index (κ2) is 5.69. The Hall–Kier alpha value is -1.81. The zero-order valence-corrected chi connectivity index (χ0v) is 11.4. The Labute approximate surface area is 114 Å². The molecule has 0 heterocycles. The number of nitrogens with one attached hydrogen (secondary N) is 1. The summed E-state index contributed by atoms with van der Waals surface area (Å²) >= 11 is 3.35. The molecule has 0 fully saturated rings. The third kappa shape index (κ3) is 2.90. The Bertz CT molecular complexity index is 552. The first-order valence-electron chi connectivity index (χ1n) is 5.40. The SMILES string of the molecule is COc1ccc(NC(=O)c2ccccc2Br)cc1. The first-order chi connectivity index (χ1) is 8.70. The Kier molecular flexibility index (Phi) is 3.99. The van der Waals surface area contributed by atoms with Gasteiger partial charge in [-0.15, -0.1) is 0 Å². The van der Waals surface area contributed by atoms with Gasteiger partial charge in [0.05, 0.1) is 12.7 Å². The number of hydrogen-bond donors (Lipinski definition) is 1. The molecular formula is C14H12BrNO2. The van der Waals surface area contributed by atoms with Crippen molar-refractivity contribution in [3.05, 3.63) is 58.6 Å². The molecule has 0 aliphatic rings. The summed E-state index contributed by atoms with van der Waals surface area (Å²) in [5, 5.41) is 2.83. The lowest BCUT2D eigenvalue weighted by Crippen LogP contribution is -2.12. The molecule has 0 aliphatic carbocycles. The molecule has 2 aromatic carbocycles. The maximum atomic E-state index is 12.0. The number of hydrogen-bond acceptors (Lipinski definition) is 2. The molecule has 18 heavy (non-hydrogen) atoms. The van der Waals surface area contributed by atoms with Crippen LogP contribution in [0.25, 0.3) is 0 Å². The van der Waals surface area contributed by atoms with Crippen LogP contribution < -0.4 is 10.1 Å². The van der Waals surface area contributed by atoms with Gasteiger partial charge in [0.15, 0.2) is 0 Å². The van der Waals surface area contributed by atoms with Gasteiger partial charge in [-0.05, 0) is 52.3 Å². The van der Waals surface area contributed by atoms with Crippen molar-refractivity contribution in [3.8, 4) is 5.75 Å². The summed E-state index contributed by atoms with van der Waals surface area (Å²) in [5.41, 5.74) is 1.34. The van der Waals surface area contributed by atoms with Crippen molar-refractivity contribution in [2.75, 3.05) is 12.4 Å². The Morgan fingerprint density at radius 1 is 1.11 bits per heavy atom. The molecule has 0 unspecified atom stereocenters. The molecule has 0 aliphatic heterocycles. The van der Waals surface area contributed by atoms with E-state index in [0.29, 0.717) is 5.56 Å². The summed E-state index contributed by atoms with van der Waals surface area (Å²) in [6.45, 7) is 0. The van der Waals surface area contributed by atoms with E-state index < -0.39 is 0 Å². The summed E-state index contributed by atoms with van der Waals surface area (Å²) < 4.78 is 5.83. The number of ether oxygens (including phenoxy) is 1. The largest absolute Gasteiger partial charge is 0.497 e. The summed E-state index contributed by atoms with van der Waals surface area (Å²) in [6.07, 6.45) is 0. The lowest BCUT2D eigenvalue weighted by Gasteiger charge is -2.07. The molecule has 2 aromatic rings. The highest BCUT2D eigenvalue weighted by atomic mass is 79.9. The maximum absolute atomic E-state index is 12.0. The van der Waals surface area contributed by atoms with Gasteiger partial charge in [0.1, 0.15) is 5.75 Å². The molecule has 1 N–H and O–H groups in total. The summed E-state index contributed by atoms with van der Waals surface area (Å²) in [5.74, 6) is 0.613. The van der Waals surface area contributed by atoms with E-state index in [1.807, 2.05) is 18.2 Å². The number of halogens is 1. The summed E-state index contributed by atoms with van der Waals surface area (Å²) in [4.78, 5) is 12.0. The maximum Gasteiger partial charge on any atom is 0.256 e. The predicted octanol–water partition coefficient (Wildman–Crippen LogP) is 3.71. The summed E-state index contributed by atoms with van der Waals surface area (Å²) in [7, 11) is 1.61. The molecule has 3 nitrogen and oxygen atoms in total. The van der Waals surface area contributed by atoms with E-state index in [2.05, 4.69) is 21.2 Å². The minimum absolute atomic E-state index is 0.146. The van der Waals surface area contributed by atoms with E-state index >= 15 is 0 Å². The Morgan fingerprint density at radius 2 is 1.78 bits per heavy atom. The number of benzene rings is 2. The van der Waals surface area contributed by atoms with E-state index in [9.17, 15) is 4.79 Å². The molecular weight excluding hydrogens is 294 g/mol. The number of anilines is 1. The van der Waals surface area contributed by atoms with E-state index in [-0.39, 0.29) is 5.91 Å². The number of carbonyl (C=O) groups excluding carboxylic acids is 1. The first-order valence-corrected chi connectivity index (χ1v) is 6.20. The molecule has 0 aromatic heterocycles. The van der Waals surface area contributed by atoms with Gasteiger partial charge >= 0.3 is 0 Å². The van der Waals surface area contributed by atoms with Gasteiger partial charge in [0, 0.05) is 10.2 Å². The van der Waals surface area contributed by atoms with Crippen LogP contribution in [0.5, 0.6) is 5.75 Å². The second-order valence-electron chi connectivity index (χ2n) is 3.66. The summed E-state index contributed by atoms with van der Waals surface area (Å²) in [6, 6.07) is 14.5. The van der Waals surface area contributed by atoms with Gasteiger partial charge in [-0.1, -0.05) is 12.1 Å². The molecule has 92 valence electrons. The van der Waals surface area contributed by atoms with Crippen molar-refractivity contribution in [3.63, 3.8) is 0 Å². The topological polar surface area (TPSA) is 38.3 Å². The number of methoxy groups -OCH3 is 1. The average Bonchev–Trinajstić information content (AvgIpc) is 2.40. The van der Waals surface area contributed by atoms with Crippen LogP contribution in [0.4, 0.5) is 5.69 Å². The van der Waals surface area contributed by atoms with Gasteiger partial charge in [-0.3, -0.25) is 4.79 Å². The second-order valence-corrected chi connectivity index (χ2v) is 4.52. The van der Waals surface area contributed by atoms with Crippen molar-refractivity contribution >= 4 is 27.5 Å². The fourth-order valence-corrected chi connectivity index (χ4v) is 1.98. The zero-order chi connectivity index (χ0) is 13.0. The molecule has 0 saturated heterocycles. The fourth-order valence-electron chi connectivity index (χ4n) is 1.52. The van der Waals surface area contributed by atoms with Gasteiger partial charge in [0.2, 0.25) is 0 Å². The standard InChI is InChI=1S/C14H12BrNO2/c1-18-11-8-6-10(7-9-11)16-14(17)12-4-2-3-5-13(12)15/h2-9H,1H3,(H,16,17). The first kappa shape index (κ1) is 12.6. The van der Waals surface area contributed by atoms with Crippen molar-refractivity contribution in [1.82, 2.24) is 0 Å². The van der Waals surface area contributed by atoms with Gasteiger partial charge in [0.25, 0.3) is 5.91 Å². The lowest BCUT2D eigenvalue weighted by atomic mass is 10.2. The lowest BCUT2D eigenvalue weighted by molar-refractivity contribution is 0.102. The fraction of sp³-hybridized carbons (Fsp3) is 0.0714. The van der Waals surface area contributed by atoms with Crippen molar-refractivity contribution in [2.45, 2.75) is 0 Å². The Morgan fingerprint density at radius 3 is 2.39 bits per heavy atom. The molecule has 1 amide bonds. The highest BCUT2D eigenvalue weighted by Crippen LogP contribution is 2.19. The highest BCUT2D eigenvalue weighted by molar-refractivity contribution is 9.10. The molecule has 0 saturated carbocycles. The van der Waals surface area contributed by atoms with Crippen molar-refractivity contribution < 1.29 is 9.53 Å². The Balaban J connectivity index is 2.14. The minimum atomic E-state index is -0.146. The average molecular weight is 306 g/mol. The molecule has 4 heteroatoms. The van der Waals surface area contributed by atoms with Crippen LogP contribution in [-0.4, -0.2) is 13.0 Å². The van der Waals surface area contributed by atoms with E-state index in [4.69, 9.17) is 4.74 Å². The van der Waals surface area contributed by atoms with E-state index in [1.54, 1.807) is 37.4 Å². The van der Waals surface area contributed by atoms with Crippen molar-refractivity contribution in [1.29, 1.82) is 0 Å². The van der Waals surface area contributed by atoms with Crippen LogP contribution in [0.2, 0.25) is 0 Å². The number of carbonyl (C=O) groups is 1. The molecule has 0 spiro atoms. The highest BCUT2D eigenvalue weighted by Gasteiger charge is 2.09. The van der Waals surface area contributed by atoms with E-state index in [0.717, 1.165) is 15.9 Å². The van der Waals surface area contributed by atoms with Gasteiger partial charge in [-0.25, -0.2) is 0 Å². The van der Waals surface area contributed by atoms with Crippen LogP contribution in [0.1, 0.15) is 10.4 Å². The van der Waals surface area contributed by atoms with Crippen LogP contribution >= 0.6 is 15.9 Å². The normalized spacial score (nSPS) is 9.89. The smallest absolute Gasteiger partial charge is 0.256 e. The van der Waals surface area contributed by atoms with Gasteiger partial charge in [-0.2, -0.15) is 0 Å². The van der Waals surface area contributed by atoms with Crippen LogP contribution in [0.3, 0.4) is 0 Å². The minimum Gasteiger partial charge on any atom is -0.497 e. The third-order valence-electron chi connectivity index (χ3n) is 2.47. The van der Waals surface area contributed by atoms with Crippen LogP contribution in [0, 0.1) is 0 Å². The van der Waals surface area contributed by atoms with E-state index in [1.165, 1.54) is 0 Å². The van der Waals surface area contributed by atoms with Gasteiger partial charge < -0.3 is 10.1 Å². The third-order valence-corrected chi connectivity index (χ3v) is 3.16. The monoisotopic (exact) mass is 305 g/mol. The molecule has 2 rings (SSSR count). The molecule has 0 radical (unpaired) electrons. The number of amides is 1. The quantitative estimate of drug-likeness (QED) is 0.939. The van der Waals surface area contributed by atoms with Crippen LogP contribution in [0.15, 0.2) is 53.0 Å². The molecule has 0 atom stereocenters. The predicted molar refractivity (Wildman–Crippen MR) is 75.1 cm³/mol. The van der Waals surface area contributed by atoms with Crippen LogP contribution in [-0.2, 0) is 0 Å². The molecule has 0 bridgehead atoms.